The van der Waals surface area contributed by atoms with E-state index in [9.17, 15) is 0 Å². The first kappa shape index (κ1) is 16.0. The van der Waals surface area contributed by atoms with Gasteiger partial charge in [0.05, 0.1) is 0 Å². The first-order valence-corrected chi connectivity index (χ1v) is 7.33. The Kier molecular flexibility index (Phi) is 5.86. The van der Waals surface area contributed by atoms with Gasteiger partial charge in [0, 0.05) is 11.7 Å². The fourth-order valence-corrected chi connectivity index (χ4v) is 2.34. The SMILES string of the molecule is C=C(NC1CCNCC1)/C(=C\C=C(C)C)C(C)(C)C. The van der Waals surface area contributed by atoms with E-state index in [0.29, 0.717) is 6.04 Å². The summed E-state index contributed by atoms with van der Waals surface area (Å²) >= 11 is 0. The number of hydrogen-bond acceptors (Lipinski definition) is 2. The van der Waals surface area contributed by atoms with Crippen LogP contribution in [0.4, 0.5) is 0 Å². The molecule has 0 atom stereocenters. The molecule has 2 N–H and O–H groups in total. The van der Waals surface area contributed by atoms with Crippen molar-refractivity contribution in [1.29, 1.82) is 0 Å². The Labute approximate surface area is 119 Å². The zero-order valence-electron chi connectivity index (χ0n) is 13.3. The fraction of sp³-hybridized carbons (Fsp3) is 0.647. The third-order valence-corrected chi connectivity index (χ3v) is 3.43. The normalized spacial score (nSPS) is 18.1. The third kappa shape index (κ3) is 5.65. The molecule has 0 spiro atoms. The Bertz CT molecular complexity index is 359. The Hall–Kier alpha value is -1.02. The Balaban J connectivity index is 2.77. The van der Waals surface area contributed by atoms with Crippen molar-refractivity contribution in [2.45, 2.75) is 53.5 Å². The van der Waals surface area contributed by atoms with Crippen molar-refractivity contribution in [2.24, 2.45) is 5.41 Å². The zero-order chi connectivity index (χ0) is 14.5. The molecule has 108 valence electrons. The van der Waals surface area contributed by atoms with Crippen molar-refractivity contribution in [3.05, 3.63) is 35.6 Å². The second kappa shape index (κ2) is 6.95. The molecule has 1 saturated heterocycles. The Morgan fingerprint density at radius 2 is 1.74 bits per heavy atom. The van der Waals surface area contributed by atoms with Crippen molar-refractivity contribution >= 4 is 0 Å². The molecule has 0 aromatic carbocycles. The molecule has 0 radical (unpaired) electrons. The van der Waals surface area contributed by atoms with Gasteiger partial charge in [-0.15, -0.1) is 0 Å². The first-order chi connectivity index (χ1) is 8.80. The zero-order valence-corrected chi connectivity index (χ0v) is 13.3. The average molecular weight is 262 g/mol. The van der Waals surface area contributed by atoms with Gasteiger partial charge in [-0.3, -0.25) is 0 Å². The topological polar surface area (TPSA) is 24.1 Å². The molecule has 1 aliphatic rings. The van der Waals surface area contributed by atoms with Crippen LogP contribution in [0.1, 0.15) is 47.5 Å². The molecular formula is C17H30N2. The summed E-state index contributed by atoms with van der Waals surface area (Å²) in [6, 6.07) is 0.561. The van der Waals surface area contributed by atoms with E-state index in [0.717, 1.165) is 18.8 Å². The van der Waals surface area contributed by atoms with Gasteiger partial charge in [0.15, 0.2) is 0 Å². The van der Waals surface area contributed by atoms with Crippen LogP contribution < -0.4 is 10.6 Å². The van der Waals surface area contributed by atoms with Gasteiger partial charge in [0.25, 0.3) is 0 Å². The number of hydrogen-bond donors (Lipinski definition) is 2. The molecule has 0 bridgehead atoms. The van der Waals surface area contributed by atoms with Crippen LogP contribution in [0, 0.1) is 5.41 Å². The summed E-state index contributed by atoms with van der Waals surface area (Å²) in [5, 5.41) is 7.01. The van der Waals surface area contributed by atoms with Gasteiger partial charge in [-0.05, 0) is 50.8 Å². The second-order valence-corrected chi connectivity index (χ2v) is 6.72. The molecule has 0 amide bonds. The monoisotopic (exact) mass is 262 g/mol. The lowest BCUT2D eigenvalue weighted by Crippen LogP contribution is -2.40. The van der Waals surface area contributed by atoms with Crippen LogP contribution >= 0.6 is 0 Å². The highest BCUT2D eigenvalue weighted by Crippen LogP contribution is 2.30. The molecule has 1 aliphatic heterocycles. The highest BCUT2D eigenvalue weighted by molar-refractivity contribution is 5.35. The van der Waals surface area contributed by atoms with Crippen LogP contribution in [0.5, 0.6) is 0 Å². The fourth-order valence-electron chi connectivity index (χ4n) is 2.34. The van der Waals surface area contributed by atoms with Crippen LogP contribution in [0.2, 0.25) is 0 Å². The van der Waals surface area contributed by atoms with Crippen LogP contribution in [-0.2, 0) is 0 Å². The van der Waals surface area contributed by atoms with Crippen molar-refractivity contribution in [3.8, 4) is 0 Å². The van der Waals surface area contributed by atoms with E-state index in [4.69, 9.17) is 0 Å². The van der Waals surface area contributed by atoms with E-state index in [1.165, 1.54) is 24.0 Å². The van der Waals surface area contributed by atoms with Crippen molar-refractivity contribution in [2.75, 3.05) is 13.1 Å². The molecule has 0 aromatic rings. The van der Waals surface area contributed by atoms with Gasteiger partial charge in [-0.2, -0.15) is 0 Å². The highest BCUT2D eigenvalue weighted by atomic mass is 15.0. The third-order valence-electron chi connectivity index (χ3n) is 3.43. The molecule has 0 aromatic heterocycles. The minimum atomic E-state index is 0.114. The second-order valence-electron chi connectivity index (χ2n) is 6.72. The van der Waals surface area contributed by atoms with Gasteiger partial charge >= 0.3 is 0 Å². The molecule has 19 heavy (non-hydrogen) atoms. The van der Waals surface area contributed by atoms with E-state index < -0.39 is 0 Å². The van der Waals surface area contributed by atoms with Crippen LogP contribution in [0.3, 0.4) is 0 Å². The largest absolute Gasteiger partial charge is 0.382 e. The number of allylic oxidation sites excluding steroid dienone is 4. The maximum absolute atomic E-state index is 4.26. The molecule has 2 heteroatoms. The lowest BCUT2D eigenvalue weighted by atomic mass is 9.84. The molecule has 1 heterocycles. The molecule has 1 fully saturated rings. The Morgan fingerprint density at radius 3 is 2.21 bits per heavy atom. The van der Waals surface area contributed by atoms with Gasteiger partial charge in [0.1, 0.15) is 0 Å². The predicted molar refractivity (Wildman–Crippen MR) is 85.1 cm³/mol. The molecule has 0 unspecified atom stereocenters. The summed E-state index contributed by atoms with van der Waals surface area (Å²) < 4.78 is 0. The van der Waals surface area contributed by atoms with Crippen molar-refractivity contribution in [1.82, 2.24) is 10.6 Å². The highest BCUT2D eigenvalue weighted by Gasteiger charge is 2.21. The first-order valence-electron chi connectivity index (χ1n) is 7.33. The van der Waals surface area contributed by atoms with E-state index >= 15 is 0 Å². The van der Waals surface area contributed by atoms with Gasteiger partial charge in [-0.25, -0.2) is 0 Å². The molecule has 1 rings (SSSR count). The molecule has 2 nitrogen and oxygen atoms in total. The lowest BCUT2D eigenvalue weighted by molar-refractivity contribution is 0.405. The van der Waals surface area contributed by atoms with Gasteiger partial charge < -0.3 is 10.6 Å². The summed E-state index contributed by atoms with van der Waals surface area (Å²) in [7, 11) is 0. The molecular weight excluding hydrogens is 232 g/mol. The van der Waals surface area contributed by atoms with E-state index in [2.05, 4.69) is 64.0 Å². The summed E-state index contributed by atoms with van der Waals surface area (Å²) in [5.74, 6) is 0. The van der Waals surface area contributed by atoms with E-state index in [1.807, 2.05) is 0 Å². The van der Waals surface area contributed by atoms with Crippen molar-refractivity contribution in [3.63, 3.8) is 0 Å². The van der Waals surface area contributed by atoms with E-state index in [-0.39, 0.29) is 5.41 Å². The smallest absolute Gasteiger partial charge is 0.0307 e. The minimum Gasteiger partial charge on any atom is -0.382 e. The predicted octanol–water partition coefficient (Wildman–Crippen LogP) is 3.78. The summed E-state index contributed by atoms with van der Waals surface area (Å²) in [6.45, 7) is 17.5. The van der Waals surface area contributed by atoms with E-state index in [1.54, 1.807) is 0 Å². The van der Waals surface area contributed by atoms with Gasteiger partial charge in [0.2, 0.25) is 0 Å². The summed E-state index contributed by atoms with van der Waals surface area (Å²) in [4.78, 5) is 0. The summed E-state index contributed by atoms with van der Waals surface area (Å²) in [5.41, 5.74) is 3.81. The quantitative estimate of drug-likeness (QED) is 0.753. The summed E-state index contributed by atoms with van der Waals surface area (Å²) in [6.07, 6.45) is 6.75. The van der Waals surface area contributed by atoms with Gasteiger partial charge in [-0.1, -0.05) is 45.1 Å². The molecule has 0 saturated carbocycles. The maximum Gasteiger partial charge on any atom is 0.0307 e. The van der Waals surface area contributed by atoms with Crippen LogP contribution in [0.15, 0.2) is 35.6 Å². The maximum atomic E-state index is 4.26. The number of nitrogens with one attached hydrogen (secondary N) is 2. The Morgan fingerprint density at radius 1 is 1.16 bits per heavy atom. The number of rotatable bonds is 4. The number of piperidine rings is 1. The van der Waals surface area contributed by atoms with Crippen LogP contribution in [0.25, 0.3) is 0 Å². The van der Waals surface area contributed by atoms with Crippen LogP contribution in [-0.4, -0.2) is 19.1 Å². The standard InChI is InChI=1S/C17H30N2/c1-13(2)7-8-16(17(4,5)6)14(3)19-15-9-11-18-12-10-15/h7-8,15,18-19H,3,9-12H2,1-2,4-6H3/b16-8+. The lowest BCUT2D eigenvalue weighted by Gasteiger charge is -2.30. The van der Waals surface area contributed by atoms with Crippen molar-refractivity contribution < 1.29 is 0 Å². The molecule has 0 aliphatic carbocycles. The average Bonchev–Trinajstić information content (AvgIpc) is 2.28. The minimum absolute atomic E-state index is 0.114.